The van der Waals surface area contributed by atoms with Crippen molar-refractivity contribution in [3.63, 3.8) is 0 Å². The van der Waals surface area contributed by atoms with Gasteiger partial charge in [-0.1, -0.05) is 23.1 Å². The molecule has 0 radical (unpaired) electrons. The zero-order valence-corrected chi connectivity index (χ0v) is 10.5. The molecule has 16 heavy (non-hydrogen) atoms. The summed E-state index contributed by atoms with van der Waals surface area (Å²) in [4.78, 5) is 2.59. The van der Waals surface area contributed by atoms with Gasteiger partial charge in [0.25, 0.3) is 0 Å². The smallest absolute Gasteiger partial charge is 0.449 e. The zero-order valence-electron chi connectivity index (χ0n) is 8.29. The predicted octanol–water partition coefficient (Wildman–Crippen LogP) is 4.47. The third kappa shape index (κ3) is 3.60. The van der Waals surface area contributed by atoms with E-state index in [0.717, 1.165) is 0 Å². The molecule has 0 aliphatic rings. The number of azide groups is 1. The summed E-state index contributed by atoms with van der Waals surface area (Å²) < 4.78 is 37.4. The van der Waals surface area contributed by atoms with Crippen LogP contribution in [0.2, 0.25) is 0 Å². The minimum Gasteiger partial charge on any atom is -0.449 e. The second-order valence-corrected chi connectivity index (χ2v) is 4.49. The molecule has 0 fully saturated rings. The fraction of sp³-hybridized carbons (Fsp3) is 0.250. The molecule has 0 saturated carbocycles. The highest BCUT2D eigenvalue weighted by Crippen LogP contribution is 2.28. The first-order valence-corrected chi connectivity index (χ1v) is 5.46. The Morgan fingerprint density at radius 2 is 2.06 bits per heavy atom. The van der Waals surface area contributed by atoms with Crippen LogP contribution < -0.4 is 0 Å². The number of benzene rings is 1. The Bertz CT molecular complexity index is 455. The average molecular weight is 340 g/mol. The molecule has 0 bridgehead atoms. The Balaban J connectivity index is 3.19. The summed E-state index contributed by atoms with van der Waals surface area (Å²) in [5.41, 5.74) is 9.37. The van der Waals surface area contributed by atoms with Crippen LogP contribution >= 0.6 is 22.6 Å². The summed E-state index contributed by atoms with van der Waals surface area (Å²) in [7, 11) is 0. The second kappa shape index (κ2) is 4.96. The Morgan fingerprint density at radius 1 is 1.44 bits per heavy atom. The number of hydrogen-bond acceptors (Lipinski definition) is 1. The number of halogens is 4. The van der Waals surface area contributed by atoms with Crippen LogP contribution in [-0.4, -0.2) is 6.98 Å². The van der Waals surface area contributed by atoms with Crippen molar-refractivity contribution in [2.45, 2.75) is 13.2 Å². The Kier molecular flexibility index (Phi) is 4.09. The fourth-order valence-corrected chi connectivity index (χ4v) is 1.93. The van der Waals surface area contributed by atoms with Crippen LogP contribution in [0.5, 0.6) is 0 Å². The molecule has 0 aliphatic carbocycles. The minimum absolute atomic E-state index is 0.130. The Labute approximate surface area is 104 Å². The third-order valence-corrected chi connectivity index (χ3v) is 3.12. The van der Waals surface area contributed by atoms with Crippen LogP contribution in [-0.2, 0) is 6.32 Å². The molecule has 1 rings (SSSR count). The van der Waals surface area contributed by atoms with Gasteiger partial charge in [0.1, 0.15) is 0 Å². The van der Waals surface area contributed by atoms with Gasteiger partial charge in [-0.25, -0.2) is 0 Å². The SMILES string of the molecule is Cc1c(I)cc(C[B-](F)(F)F)cc1N=[N+]=[N-]. The maximum atomic E-state index is 12.2. The largest absolute Gasteiger partial charge is 0.482 e. The Morgan fingerprint density at radius 3 is 2.56 bits per heavy atom. The van der Waals surface area contributed by atoms with E-state index in [1.54, 1.807) is 6.92 Å². The molecular formula is C8H7BF3IN3-. The average Bonchev–Trinajstić information content (AvgIpc) is 2.11. The summed E-state index contributed by atoms with van der Waals surface area (Å²) in [5, 5.41) is 3.37. The van der Waals surface area contributed by atoms with Gasteiger partial charge in [-0.3, -0.25) is 0 Å². The van der Waals surface area contributed by atoms with Crippen LogP contribution in [0.3, 0.4) is 0 Å². The molecule has 0 saturated heterocycles. The lowest BCUT2D eigenvalue weighted by molar-refractivity contribution is 0.468. The molecule has 0 N–H and O–H groups in total. The monoisotopic (exact) mass is 340 g/mol. The molecule has 0 heterocycles. The molecule has 0 unspecified atom stereocenters. The van der Waals surface area contributed by atoms with Crippen molar-refractivity contribution in [2.24, 2.45) is 5.11 Å². The lowest BCUT2D eigenvalue weighted by Gasteiger charge is -2.15. The standard InChI is InChI=1S/C8H7BF3IN3/c1-5-7(13)2-6(4-9(10,11)12)3-8(5)15-16-14/h2-3H,4H2,1H3/q-1. The molecule has 1 aromatic carbocycles. The van der Waals surface area contributed by atoms with E-state index in [-0.39, 0.29) is 11.3 Å². The molecular weight excluding hydrogens is 333 g/mol. The number of hydrogen-bond donors (Lipinski definition) is 0. The van der Waals surface area contributed by atoms with E-state index in [2.05, 4.69) is 10.0 Å². The van der Waals surface area contributed by atoms with Gasteiger partial charge in [-0.2, -0.15) is 0 Å². The molecule has 0 atom stereocenters. The highest BCUT2D eigenvalue weighted by Gasteiger charge is 2.23. The van der Waals surface area contributed by atoms with Gasteiger partial charge in [0.2, 0.25) is 0 Å². The summed E-state index contributed by atoms with van der Waals surface area (Å²) in [6.45, 7) is -3.17. The van der Waals surface area contributed by atoms with Gasteiger partial charge < -0.3 is 12.9 Å². The number of nitrogens with zero attached hydrogens (tertiary/aromatic N) is 3. The van der Waals surface area contributed by atoms with Crippen molar-refractivity contribution in [3.05, 3.63) is 37.3 Å². The normalized spacial score (nSPS) is 11.1. The topological polar surface area (TPSA) is 48.8 Å². The molecule has 3 nitrogen and oxygen atoms in total. The Hall–Kier alpha value is -0.885. The van der Waals surface area contributed by atoms with Crippen molar-refractivity contribution in [1.29, 1.82) is 0 Å². The zero-order chi connectivity index (χ0) is 12.3. The van der Waals surface area contributed by atoms with Crippen LogP contribution in [0.1, 0.15) is 11.1 Å². The lowest BCUT2D eigenvalue weighted by atomic mass is 9.81. The van der Waals surface area contributed by atoms with Crippen LogP contribution in [0.4, 0.5) is 18.6 Å². The van der Waals surface area contributed by atoms with Crippen molar-refractivity contribution in [1.82, 2.24) is 0 Å². The first kappa shape index (κ1) is 13.2. The summed E-state index contributed by atoms with van der Waals surface area (Å²) in [6, 6.07) is 2.74. The summed E-state index contributed by atoms with van der Waals surface area (Å²) in [5.74, 6) is 0. The first-order valence-electron chi connectivity index (χ1n) is 4.38. The summed E-state index contributed by atoms with van der Waals surface area (Å²) in [6.07, 6.45) is -0.954. The fourth-order valence-electron chi connectivity index (χ4n) is 1.26. The van der Waals surface area contributed by atoms with E-state index in [1.807, 2.05) is 22.6 Å². The molecule has 0 aliphatic heterocycles. The highest BCUT2D eigenvalue weighted by atomic mass is 127. The molecule has 0 amide bonds. The van der Waals surface area contributed by atoms with Crippen LogP contribution in [0.25, 0.3) is 10.4 Å². The van der Waals surface area contributed by atoms with Gasteiger partial charge >= 0.3 is 6.98 Å². The quantitative estimate of drug-likeness (QED) is 0.256. The predicted molar refractivity (Wildman–Crippen MR) is 65.5 cm³/mol. The van der Waals surface area contributed by atoms with Crippen LogP contribution in [0, 0.1) is 10.5 Å². The first-order chi connectivity index (χ1) is 7.33. The maximum absolute atomic E-state index is 12.2. The van der Waals surface area contributed by atoms with Crippen molar-refractivity contribution >= 4 is 35.3 Å². The second-order valence-electron chi connectivity index (χ2n) is 3.33. The molecule has 0 spiro atoms. The molecule has 1 aromatic rings. The van der Waals surface area contributed by atoms with E-state index in [0.29, 0.717) is 9.13 Å². The van der Waals surface area contributed by atoms with Crippen molar-refractivity contribution < 1.29 is 12.9 Å². The summed E-state index contributed by atoms with van der Waals surface area (Å²) >= 11 is 1.92. The van der Waals surface area contributed by atoms with Crippen LogP contribution in [0.15, 0.2) is 17.2 Å². The van der Waals surface area contributed by atoms with Gasteiger partial charge in [0, 0.05) is 14.2 Å². The number of rotatable bonds is 3. The van der Waals surface area contributed by atoms with Gasteiger partial charge in [0.15, 0.2) is 0 Å². The van der Waals surface area contributed by atoms with E-state index in [1.165, 1.54) is 12.1 Å². The van der Waals surface area contributed by atoms with E-state index >= 15 is 0 Å². The third-order valence-electron chi connectivity index (χ3n) is 2.00. The van der Waals surface area contributed by atoms with Gasteiger partial charge in [0.05, 0.1) is 0 Å². The lowest BCUT2D eigenvalue weighted by Crippen LogP contribution is -2.19. The van der Waals surface area contributed by atoms with E-state index < -0.39 is 13.3 Å². The minimum atomic E-state index is -4.87. The van der Waals surface area contributed by atoms with Gasteiger partial charge in [-0.05, 0) is 46.7 Å². The molecule has 86 valence electrons. The van der Waals surface area contributed by atoms with Crippen molar-refractivity contribution in [3.8, 4) is 0 Å². The van der Waals surface area contributed by atoms with E-state index in [4.69, 9.17) is 5.53 Å². The maximum Gasteiger partial charge on any atom is 0.482 e. The van der Waals surface area contributed by atoms with Crippen molar-refractivity contribution in [2.75, 3.05) is 0 Å². The molecule has 0 aromatic heterocycles. The van der Waals surface area contributed by atoms with E-state index in [9.17, 15) is 12.9 Å². The van der Waals surface area contributed by atoms with Gasteiger partial charge in [-0.15, -0.1) is 0 Å². The molecule has 8 heteroatoms. The highest BCUT2D eigenvalue weighted by molar-refractivity contribution is 14.1.